The number of benzene rings is 1. The Labute approximate surface area is 247 Å². The van der Waals surface area contributed by atoms with Gasteiger partial charge in [-0.25, -0.2) is 0 Å². The van der Waals surface area contributed by atoms with Crippen LogP contribution < -0.4 is 14.8 Å². The number of amides is 2. The van der Waals surface area contributed by atoms with Crippen LogP contribution in [0.2, 0.25) is 0 Å². The number of ether oxygens (including phenoxy) is 4. The van der Waals surface area contributed by atoms with Gasteiger partial charge in [-0.2, -0.15) is 0 Å². The van der Waals surface area contributed by atoms with Gasteiger partial charge in [0.25, 0.3) is 5.91 Å². The summed E-state index contributed by atoms with van der Waals surface area (Å²) in [6.45, 7) is 11.5. The predicted octanol–water partition coefficient (Wildman–Crippen LogP) is 4.67. The Morgan fingerprint density at radius 3 is 2.32 bits per heavy atom. The molecule has 1 aliphatic heterocycles. The fourth-order valence-corrected chi connectivity index (χ4v) is 5.54. The second-order valence-corrected chi connectivity index (χ2v) is 11.8. The molecular formula is C32H53N3O6. The number of carbonyl (C=O) groups excluding carboxylic acids is 2. The first-order valence-corrected chi connectivity index (χ1v) is 15.5. The molecule has 0 bridgehead atoms. The SMILES string of the molecule is COCCCOc1cc(C(=O)N(C(C)C)[C@@H]2CC[C@H](CCN(C(=O)CCCOC(C)C)C3CC3)NC2)ccc1OC. The molecule has 1 N–H and O–H groups in total. The summed E-state index contributed by atoms with van der Waals surface area (Å²) in [5, 5.41) is 3.69. The molecule has 9 nitrogen and oxygen atoms in total. The van der Waals surface area contributed by atoms with E-state index in [4.69, 9.17) is 18.9 Å². The van der Waals surface area contributed by atoms with Crippen LogP contribution in [-0.2, 0) is 14.3 Å². The molecule has 0 unspecified atom stereocenters. The monoisotopic (exact) mass is 575 g/mol. The van der Waals surface area contributed by atoms with Gasteiger partial charge in [-0.05, 0) is 84.4 Å². The minimum atomic E-state index is 0.00148. The van der Waals surface area contributed by atoms with Gasteiger partial charge < -0.3 is 34.1 Å². The van der Waals surface area contributed by atoms with E-state index in [1.54, 1.807) is 26.4 Å². The normalized spacial score (nSPS) is 18.9. The summed E-state index contributed by atoms with van der Waals surface area (Å²) >= 11 is 0. The van der Waals surface area contributed by atoms with Crippen LogP contribution in [0.3, 0.4) is 0 Å². The zero-order valence-corrected chi connectivity index (χ0v) is 26.2. The van der Waals surface area contributed by atoms with E-state index in [-0.39, 0.29) is 30.0 Å². The molecule has 1 saturated carbocycles. The summed E-state index contributed by atoms with van der Waals surface area (Å²) in [6.07, 6.45) is 7.37. The Balaban J connectivity index is 1.53. The molecule has 2 aliphatic rings. The third-order valence-electron chi connectivity index (χ3n) is 7.85. The molecule has 0 aromatic heterocycles. The van der Waals surface area contributed by atoms with Crippen molar-refractivity contribution in [2.24, 2.45) is 0 Å². The third kappa shape index (κ3) is 10.5. The number of nitrogens with one attached hydrogen (secondary N) is 1. The molecule has 2 fully saturated rings. The third-order valence-corrected chi connectivity index (χ3v) is 7.85. The van der Waals surface area contributed by atoms with Crippen LogP contribution in [0.25, 0.3) is 0 Å². The number of nitrogens with zero attached hydrogens (tertiary/aromatic N) is 2. The first-order chi connectivity index (χ1) is 19.7. The van der Waals surface area contributed by atoms with Crippen molar-refractivity contribution in [3.05, 3.63) is 23.8 Å². The number of hydrogen-bond acceptors (Lipinski definition) is 7. The lowest BCUT2D eigenvalue weighted by Crippen LogP contribution is -2.54. The van der Waals surface area contributed by atoms with Crippen LogP contribution in [0.5, 0.6) is 11.5 Å². The van der Waals surface area contributed by atoms with Crippen molar-refractivity contribution in [2.75, 3.05) is 47.1 Å². The van der Waals surface area contributed by atoms with Gasteiger partial charge in [-0.15, -0.1) is 0 Å². The van der Waals surface area contributed by atoms with Crippen LogP contribution in [0.15, 0.2) is 18.2 Å². The molecule has 1 aromatic rings. The van der Waals surface area contributed by atoms with Crippen molar-refractivity contribution in [3.8, 4) is 11.5 Å². The number of carbonyl (C=O) groups is 2. The average Bonchev–Trinajstić information content (AvgIpc) is 3.79. The number of rotatable bonds is 18. The van der Waals surface area contributed by atoms with Crippen molar-refractivity contribution < 1.29 is 28.5 Å². The van der Waals surface area contributed by atoms with Gasteiger partial charge in [0.15, 0.2) is 11.5 Å². The number of piperidine rings is 1. The molecule has 1 heterocycles. The van der Waals surface area contributed by atoms with Crippen LogP contribution in [0, 0.1) is 0 Å². The number of methoxy groups -OCH3 is 2. The number of hydrogen-bond donors (Lipinski definition) is 1. The maximum atomic E-state index is 13.7. The largest absolute Gasteiger partial charge is 0.493 e. The van der Waals surface area contributed by atoms with Crippen LogP contribution >= 0.6 is 0 Å². The van der Waals surface area contributed by atoms with Gasteiger partial charge >= 0.3 is 0 Å². The lowest BCUT2D eigenvalue weighted by Gasteiger charge is -2.40. The van der Waals surface area contributed by atoms with E-state index < -0.39 is 0 Å². The molecular weight excluding hydrogens is 522 g/mol. The zero-order chi connectivity index (χ0) is 29.8. The molecule has 1 saturated heterocycles. The first kappa shape index (κ1) is 33.1. The van der Waals surface area contributed by atoms with Crippen molar-refractivity contribution in [1.82, 2.24) is 15.1 Å². The van der Waals surface area contributed by atoms with Gasteiger partial charge in [0.05, 0.1) is 19.8 Å². The van der Waals surface area contributed by atoms with Gasteiger partial charge in [-0.1, -0.05) is 0 Å². The Morgan fingerprint density at radius 1 is 0.951 bits per heavy atom. The second-order valence-electron chi connectivity index (χ2n) is 11.8. The Kier molecular flexibility index (Phi) is 13.7. The van der Waals surface area contributed by atoms with Crippen molar-refractivity contribution in [2.45, 2.75) is 109 Å². The highest BCUT2D eigenvalue weighted by Gasteiger charge is 2.34. The van der Waals surface area contributed by atoms with E-state index in [1.165, 1.54) is 0 Å². The van der Waals surface area contributed by atoms with Crippen LogP contribution in [0.4, 0.5) is 0 Å². The minimum Gasteiger partial charge on any atom is -0.493 e. The van der Waals surface area contributed by atoms with E-state index in [0.717, 1.165) is 58.0 Å². The summed E-state index contributed by atoms with van der Waals surface area (Å²) in [4.78, 5) is 30.7. The topological polar surface area (TPSA) is 89.6 Å². The first-order valence-electron chi connectivity index (χ1n) is 15.5. The van der Waals surface area contributed by atoms with Gasteiger partial charge in [-0.3, -0.25) is 9.59 Å². The quantitative estimate of drug-likeness (QED) is 0.255. The van der Waals surface area contributed by atoms with Crippen molar-refractivity contribution >= 4 is 11.8 Å². The fraction of sp³-hybridized carbons (Fsp3) is 0.750. The molecule has 0 radical (unpaired) electrons. The summed E-state index contributed by atoms with van der Waals surface area (Å²) in [5.41, 5.74) is 0.598. The van der Waals surface area contributed by atoms with E-state index >= 15 is 0 Å². The summed E-state index contributed by atoms with van der Waals surface area (Å²) < 4.78 is 22.1. The van der Waals surface area contributed by atoms with Crippen molar-refractivity contribution in [1.29, 1.82) is 0 Å². The van der Waals surface area contributed by atoms with E-state index in [0.29, 0.717) is 55.4 Å². The molecule has 1 aromatic carbocycles. The highest BCUT2D eigenvalue weighted by molar-refractivity contribution is 5.95. The molecule has 2 amide bonds. The van der Waals surface area contributed by atoms with Gasteiger partial charge in [0, 0.05) is 76.0 Å². The Bertz CT molecular complexity index is 943. The van der Waals surface area contributed by atoms with E-state index in [9.17, 15) is 9.59 Å². The molecule has 232 valence electrons. The van der Waals surface area contributed by atoms with E-state index in [2.05, 4.69) is 24.1 Å². The van der Waals surface area contributed by atoms with Gasteiger partial charge in [0.2, 0.25) is 5.91 Å². The molecule has 3 rings (SSSR count). The highest BCUT2D eigenvalue weighted by atomic mass is 16.5. The lowest BCUT2D eigenvalue weighted by atomic mass is 9.95. The van der Waals surface area contributed by atoms with Crippen LogP contribution in [-0.4, -0.2) is 99.0 Å². The summed E-state index contributed by atoms with van der Waals surface area (Å²) in [7, 11) is 3.27. The average molecular weight is 576 g/mol. The maximum Gasteiger partial charge on any atom is 0.254 e. The molecule has 1 aliphatic carbocycles. The Morgan fingerprint density at radius 2 is 1.71 bits per heavy atom. The smallest absolute Gasteiger partial charge is 0.254 e. The maximum absolute atomic E-state index is 13.7. The minimum absolute atomic E-state index is 0.00148. The summed E-state index contributed by atoms with van der Waals surface area (Å²) in [5.74, 6) is 1.44. The predicted molar refractivity (Wildman–Crippen MR) is 161 cm³/mol. The van der Waals surface area contributed by atoms with E-state index in [1.807, 2.05) is 24.8 Å². The Hall–Kier alpha value is -2.36. The van der Waals surface area contributed by atoms with Crippen LogP contribution in [0.1, 0.15) is 89.4 Å². The highest BCUT2D eigenvalue weighted by Crippen LogP contribution is 2.31. The standard InChI is InChI=1S/C32H53N3O6/c1-23(2)35(32(37)25-10-15-29(39-6)30(21-25)41-20-8-18-38-5)28-12-11-26(33-22-28)16-17-34(27-13-14-27)31(36)9-7-19-40-24(3)4/h10,15,21,23-24,26-28,33H,7-9,11-14,16-20,22H2,1-6H3/t26-,28-/m1/s1. The molecule has 9 heteroatoms. The summed E-state index contributed by atoms with van der Waals surface area (Å²) in [6, 6.07) is 6.34. The fourth-order valence-electron chi connectivity index (χ4n) is 5.54. The molecule has 41 heavy (non-hydrogen) atoms. The van der Waals surface area contributed by atoms with Crippen molar-refractivity contribution in [3.63, 3.8) is 0 Å². The molecule has 0 spiro atoms. The van der Waals surface area contributed by atoms with Gasteiger partial charge in [0.1, 0.15) is 0 Å². The molecule has 2 atom stereocenters. The lowest BCUT2D eigenvalue weighted by molar-refractivity contribution is -0.132. The zero-order valence-electron chi connectivity index (χ0n) is 26.2. The second kappa shape index (κ2) is 16.9.